The van der Waals surface area contributed by atoms with Crippen molar-refractivity contribution in [3.8, 4) is 0 Å². The molecule has 166 valence electrons. The van der Waals surface area contributed by atoms with Crippen molar-refractivity contribution in [3.63, 3.8) is 0 Å². The maximum absolute atomic E-state index is 13.0. The Labute approximate surface area is 190 Å². The maximum Gasteiger partial charge on any atom is 0.238 e. The topological polar surface area (TPSA) is 49.4 Å². The molecule has 1 fully saturated rings. The second kappa shape index (κ2) is 10.9. The van der Waals surface area contributed by atoms with E-state index < -0.39 is 0 Å². The Balaban J connectivity index is 1.92. The SMILES string of the molecule is CCCC[C@@H](CC)C(=O)Nc1ccccc1[C@@H]1SCC(=O)N1c1ccccc1C(C)C. The van der Waals surface area contributed by atoms with E-state index in [1.807, 2.05) is 47.4 Å². The number of carbonyl (C=O) groups is 2. The lowest BCUT2D eigenvalue weighted by Crippen LogP contribution is -2.30. The first-order valence-electron chi connectivity index (χ1n) is 11.4. The largest absolute Gasteiger partial charge is 0.325 e. The monoisotopic (exact) mass is 438 g/mol. The highest BCUT2D eigenvalue weighted by Gasteiger charge is 2.36. The van der Waals surface area contributed by atoms with E-state index in [4.69, 9.17) is 0 Å². The summed E-state index contributed by atoms with van der Waals surface area (Å²) in [5.74, 6) is 0.955. The number of benzene rings is 2. The molecule has 0 radical (unpaired) electrons. The molecule has 2 aromatic carbocycles. The zero-order chi connectivity index (χ0) is 22.4. The zero-order valence-electron chi connectivity index (χ0n) is 19.1. The zero-order valence-corrected chi connectivity index (χ0v) is 19.9. The highest BCUT2D eigenvalue weighted by atomic mass is 32.2. The van der Waals surface area contributed by atoms with Crippen molar-refractivity contribution in [2.24, 2.45) is 5.92 Å². The van der Waals surface area contributed by atoms with Gasteiger partial charge in [-0.15, -0.1) is 11.8 Å². The molecule has 0 spiro atoms. The van der Waals surface area contributed by atoms with Gasteiger partial charge in [0.15, 0.2) is 0 Å². The van der Waals surface area contributed by atoms with Gasteiger partial charge in [-0.3, -0.25) is 14.5 Å². The molecule has 1 saturated heterocycles. The van der Waals surface area contributed by atoms with Crippen LogP contribution in [-0.4, -0.2) is 17.6 Å². The lowest BCUT2D eigenvalue weighted by Gasteiger charge is -2.29. The van der Waals surface area contributed by atoms with Crippen LogP contribution in [0.5, 0.6) is 0 Å². The van der Waals surface area contributed by atoms with Gasteiger partial charge < -0.3 is 5.32 Å². The first kappa shape index (κ1) is 23.4. The number of nitrogens with zero attached hydrogens (tertiary/aromatic N) is 1. The number of unbranched alkanes of at least 4 members (excludes halogenated alkanes) is 1. The Morgan fingerprint density at radius 2 is 1.84 bits per heavy atom. The van der Waals surface area contributed by atoms with Crippen LogP contribution in [0.15, 0.2) is 48.5 Å². The summed E-state index contributed by atoms with van der Waals surface area (Å²) in [6.45, 7) is 8.52. The van der Waals surface area contributed by atoms with Crippen molar-refractivity contribution in [1.29, 1.82) is 0 Å². The average molecular weight is 439 g/mol. The van der Waals surface area contributed by atoms with Gasteiger partial charge in [0.05, 0.1) is 5.75 Å². The fourth-order valence-electron chi connectivity index (χ4n) is 4.14. The van der Waals surface area contributed by atoms with Gasteiger partial charge in [-0.2, -0.15) is 0 Å². The van der Waals surface area contributed by atoms with Crippen molar-refractivity contribution in [1.82, 2.24) is 0 Å². The summed E-state index contributed by atoms with van der Waals surface area (Å²) >= 11 is 1.62. The molecule has 0 aromatic heterocycles. The van der Waals surface area contributed by atoms with Gasteiger partial charge in [0.1, 0.15) is 5.37 Å². The summed E-state index contributed by atoms with van der Waals surface area (Å²) in [6, 6.07) is 16.1. The number of hydrogen-bond acceptors (Lipinski definition) is 3. The van der Waals surface area contributed by atoms with E-state index in [1.165, 1.54) is 0 Å². The number of carbonyl (C=O) groups excluding carboxylic acids is 2. The minimum Gasteiger partial charge on any atom is -0.325 e. The van der Waals surface area contributed by atoms with E-state index in [1.54, 1.807) is 11.8 Å². The molecular formula is C26H34N2O2S. The van der Waals surface area contributed by atoms with Crippen LogP contribution in [0, 0.1) is 5.92 Å². The highest BCUT2D eigenvalue weighted by Crippen LogP contribution is 2.46. The first-order valence-corrected chi connectivity index (χ1v) is 12.4. The molecule has 0 aliphatic carbocycles. The van der Waals surface area contributed by atoms with Crippen molar-refractivity contribution in [2.45, 2.75) is 64.7 Å². The summed E-state index contributed by atoms with van der Waals surface area (Å²) < 4.78 is 0. The molecule has 0 bridgehead atoms. The van der Waals surface area contributed by atoms with Crippen LogP contribution in [0.3, 0.4) is 0 Å². The van der Waals surface area contributed by atoms with Gasteiger partial charge in [-0.05, 0) is 36.5 Å². The number of hydrogen-bond donors (Lipinski definition) is 1. The molecule has 5 heteroatoms. The third-order valence-electron chi connectivity index (χ3n) is 5.94. The van der Waals surface area contributed by atoms with Crippen LogP contribution >= 0.6 is 11.8 Å². The molecular weight excluding hydrogens is 404 g/mol. The highest BCUT2D eigenvalue weighted by molar-refractivity contribution is 8.00. The number of amides is 2. The Hall–Kier alpha value is -2.27. The van der Waals surface area contributed by atoms with Crippen LogP contribution < -0.4 is 10.2 Å². The van der Waals surface area contributed by atoms with Crippen LogP contribution in [0.25, 0.3) is 0 Å². The maximum atomic E-state index is 13.0. The molecule has 2 atom stereocenters. The predicted octanol–water partition coefficient (Wildman–Crippen LogP) is 6.74. The molecule has 3 rings (SSSR count). The molecule has 2 aromatic rings. The van der Waals surface area contributed by atoms with Crippen molar-refractivity contribution < 1.29 is 9.59 Å². The lowest BCUT2D eigenvalue weighted by molar-refractivity contribution is -0.120. The minimum absolute atomic E-state index is 0.0173. The summed E-state index contributed by atoms with van der Waals surface area (Å²) in [5, 5.41) is 3.03. The smallest absolute Gasteiger partial charge is 0.238 e. The Morgan fingerprint density at radius 3 is 2.55 bits per heavy atom. The summed E-state index contributed by atoms with van der Waals surface area (Å²) in [4.78, 5) is 27.9. The van der Waals surface area contributed by atoms with Crippen molar-refractivity contribution in [3.05, 3.63) is 59.7 Å². The third-order valence-corrected chi connectivity index (χ3v) is 7.13. The van der Waals surface area contributed by atoms with E-state index >= 15 is 0 Å². The molecule has 1 aliphatic heterocycles. The van der Waals surface area contributed by atoms with Gasteiger partial charge in [0.25, 0.3) is 0 Å². The Morgan fingerprint density at radius 1 is 1.13 bits per heavy atom. The molecule has 0 unspecified atom stereocenters. The molecule has 1 N–H and O–H groups in total. The van der Waals surface area contributed by atoms with E-state index in [9.17, 15) is 9.59 Å². The summed E-state index contributed by atoms with van der Waals surface area (Å²) in [5.41, 5.74) is 3.92. The normalized spacial score (nSPS) is 17.3. The van der Waals surface area contributed by atoms with Crippen LogP contribution in [-0.2, 0) is 9.59 Å². The quantitative estimate of drug-likeness (QED) is 0.471. The number of para-hydroxylation sites is 2. The lowest BCUT2D eigenvalue weighted by atomic mass is 9.98. The van der Waals surface area contributed by atoms with Gasteiger partial charge in [0.2, 0.25) is 11.8 Å². The molecule has 0 saturated carbocycles. The van der Waals surface area contributed by atoms with Crippen molar-refractivity contribution >= 4 is 35.0 Å². The van der Waals surface area contributed by atoms with E-state index in [-0.39, 0.29) is 23.1 Å². The second-order valence-corrected chi connectivity index (χ2v) is 9.53. The summed E-state index contributed by atoms with van der Waals surface area (Å²) in [6.07, 6.45) is 3.88. The second-order valence-electron chi connectivity index (χ2n) is 8.46. The molecule has 4 nitrogen and oxygen atoms in total. The van der Waals surface area contributed by atoms with E-state index in [2.05, 4.69) is 39.1 Å². The predicted molar refractivity (Wildman–Crippen MR) is 132 cm³/mol. The van der Waals surface area contributed by atoms with E-state index in [0.717, 1.165) is 48.2 Å². The van der Waals surface area contributed by atoms with Crippen molar-refractivity contribution in [2.75, 3.05) is 16.0 Å². The Bertz CT molecular complexity index is 912. The fourth-order valence-corrected chi connectivity index (χ4v) is 5.35. The van der Waals surface area contributed by atoms with Crippen LogP contribution in [0.2, 0.25) is 0 Å². The number of thioether (sulfide) groups is 1. The number of anilines is 2. The molecule has 2 amide bonds. The van der Waals surface area contributed by atoms with Gasteiger partial charge in [-0.25, -0.2) is 0 Å². The van der Waals surface area contributed by atoms with Crippen LogP contribution in [0.1, 0.15) is 75.8 Å². The van der Waals surface area contributed by atoms with Gasteiger partial charge >= 0.3 is 0 Å². The Kier molecular flexibility index (Phi) is 8.19. The molecule has 31 heavy (non-hydrogen) atoms. The molecule has 1 heterocycles. The number of nitrogens with one attached hydrogen (secondary N) is 1. The fraction of sp³-hybridized carbons (Fsp3) is 0.462. The summed E-state index contributed by atoms with van der Waals surface area (Å²) in [7, 11) is 0. The minimum atomic E-state index is -0.153. The van der Waals surface area contributed by atoms with Gasteiger partial charge in [-0.1, -0.05) is 76.9 Å². The van der Waals surface area contributed by atoms with E-state index in [0.29, 0.717) is 11.7 Å². The first-order chi connectivity index (χ1) is 15.0. The molecule has 1 aliphatic rings. The van der Waals surface area contributed by atoms with Crippen LogP contribution in [0.4, 0.5) is 11.4 Å². The van der Waals surface area contributed by atoms with Gasteiger partial charge in [0, 0.05) is 22.9 Å². The third kappa shape index (κ3) is 5.32. The average Bonchev–Trinajstić information content (AvgIpc) is 3.15. The standard InChI is InChI=1S/C26H34N2O2S/c1-5-7-12-19(6-2)25(30)27-22-15-10-8-14-21(22)26-28(24(29)17-31-26)23-16-11-9-13-20(23)18(3)4/h8-11,13-16,18-19,26H,5-7,12,17H2,1-4H3,(H,27,30)/t19-,26+/m1/s1. The number of rotatable bonds is 9.